The first-order chi connectivity index (χ1) is 11.0. The number of carboxylic acids is 1. The van der Waals surface area contributed by atoms with Crippen LogP contribution in [0, 0.1) is 12.8 Å². The molecule has 1 amide bonds. The highest BCUT2D eigenvalue weighted by Crippen LogP contribution is 2.26. The minimum Gasteiger partial charge on any atom is -0.478 e. The molecule has 1 aliphatic heterocycles. The zero-order valence-corrected chi connectivity index (χ0v) is 14.3. The normalized spacial score (nSPS) is 16.1. The van der Waals surface area contributed by atoms with E-state index in [1.807, 2.05) is 9.58 Å². The molecule has 6 nitrogen and oxygen atoms in total. The lowest BCUT2D eigenvalue weighted by atomic mass is 9.97. The van der Waals surface area contributed by atoms with Gasteiger partial charge in [0.2, 0.25) is 5.91 Å². The van der Waals surface area contributed by atoms with Crippen molar-refractivity contribution < 1.29 is 14.7 Å². The third kappa shape index (κ3) is 3.92. The fraction of sp³-hybridized carbons (Fsp3) is 0.706. The summed E-state index contributed by atoms with van der Waals surface area (Å²) in [5.41, 5.74) is 0.955. The van der Waals surface area contributed by atoms with Gasteiger partial charge in [-0.05, 0) is 25.7 Å². The van der Waals surface area contributed by atoms with E-state index >= 15 is 0 Å². The van der Waals surface area contributed by atoms with Crippen molar-refractivity contribution in [2.24, 2.45) is 5.92 Å². The lowest BCUT2D eigenvalue weighted by Crippen LogP contribution is -2.40. The second kappa shape index (κ2) is 7.62. The Bertz CT molecular complexity index is 555. The smallest absolute Gasteiger partial charge is 0.339 e. The topological polar surface area (TPSA) is 75.4 Å². The van der Waals surface area contributed by atoms with Gasteiger partial charge in [0, 0.05) is 19.5 Å². The molecule has 1 saturated heterocycles. The molecule has 1 fully saturated rings. The number of aromatic carboxylic acids is 1. The van der Waals surface area contributed by atoms with Crippen LogP contribution in [-0.2, 0) is 4.79 Å². The third-order valence-electron chi connectivity index (χ3n) is 5.06. The Morgan fingerprint density at radius 2 is 1.91 bits per heavy atom. The van der Waals surface area contributed by atoms with Crippen molar-refractivity contribution in [2.75, 3.05) is 13.1 Å². The predicted molar refractivity (Wildman–Crippen MR) is 87.5 cm³/mol. The van der Waals surface area contributed by atoms with Crippen LogP contribution in [0.1, 0.15) is 68.0 Å². The van der Waals surface area contributed by atoms with E-state index in [-0.39, 0.29) is 17.5 Å². The van der Waals surface area contributed by atoms with Crippen molar-refractivity contribution in [3.8, 4) is 0 Å². The standard InChI is InChI=1S/C17H27N3O3/c1-4-13(5-2)10-16(21)19-8-6-14(7-9-19)20-12(3)15(11-18-20)17(22)23/h11,13-14H,4-10H2,1-3H3,(H,22,23). The monoisotopic (exact) mass is 321 g/mol. The Balaban J connectivity index is 1.93. The number of carbonyl (C=O) groups is 2. The molecule has 2 heterocycles. The number of hydrogen-bond donors (Lipinski definition) is 1. The van der Waals surface area contributed by atoms with E-state index in [1.54, 1.807) is 6.92 Å². The Labute approximate surface area is 137 Å². The summed E-state index contributed by atoms with van der Waals surface area (Å²) >= 11 is 0. The first-order valence-corrected chi connectivity index (χ1v) is 8.53. The summed E-state index contributed by atoms with van der Waals surface area (Å²) < 4.78 is 1.81. The second-order valence-electron chi connectivity index (χ2n) is 6.39. The largest absolute Gasteiger partial charge is 0.478 e. The number of amides is 1. The first kappa shape index (κ1) is 17.5. The van der Waals surface area contributed by atoms with Gasteiger partial charge in [0.1, 0.15) is 5.56 Å². The van der Waals surface area contributed by atoms with Gasteiger partial charge in [-0.1, -0.05) is 26.7 Å². The molecule has 1 aromatic rings. The Morgan fingerprint density at radius 3 is 2.39 bits per heavy atom. The number of rotatable bonds is 6. The maximum atomic E-state index is 12.4. The van der Waals surface area contributed by atoms with Crippen molar-refractivity contribution in [1.29, 1.82) is 0 Å². The summed E-state index contributed by atoms with van der Waals surface area (Å²) in [6.07, 6.45) is 5.81. The highest BCUT2D eigenvalue weighted by molar-refractivity contribution is 5.88. The van der Waals surface area contributed by atoms with Crippen molar-refractivity contribution in [3.05, 3.63) is 17.5 Å². The number of aromatic nitrogens is 2. The summed E-state index contributed by atoms with van der Waals surface area (Å²) in [4.78, 5) is 25.4. The van der Waals surface area contributed by atoms with Crippen LogP contribution in [0.2, 0.25) is 0 Å². The molecule has 0 saturated carbocycles. The van der Waals surface area contributed by atoms with Crippen LogP contribution in [0.5, 0.6) is 0 Å². The summed E-state index contributed by atoms with van der Waals surface area (Å²) in [5, 5.41) is 13.4. The molecule has 23 heavy (non-hydrogen) atoms. The zero-order chi connectivity index (χ0) is 17.0. The molecule has 0 spiro atoms. The Morgan fingerprint density at radius 1 is 1.30 bits per heavy atom. The van der Waals surface area contributed by atoms with Crippen LogP contribution < -0.4 is 0 Å². The van der Waals surface area contributed by atoms with Crippen molar-refractivity contribution in [1.82, 2.24) is 14.7 Å². The first-order valence-electron chi connectivity index (χ1n) is 8.53. The minimum absolute atomic E-state index is 0.181. The van der Waals surface area contributed by atoms with Gasteiger partial charge < -0.3 is 10.0 Å². The zero-order valence-electron chi connectivity index (χ0n) is 14.3. The Kier molecular flexibility index (Phi) is 5.80. The van der Waals surface area contributed by atoms with Gasteiger partial charge in [0.05, 0.1) is 17.9 Å². The SMILES string of the molecule is CCC(CC)CC(=O)N1CCC(n2ncc(C(=O)O)c2C)CC1. The average Bonchev–Trinajstić information content (AvgIpc) is 2.94. The Hall–Kier alpha value is -1.85. The van der Waals surface area contributed by atoms with Crippen molar-refractivity contribution in [2.45, 2.75) is 58.9 Å². The van der Waals surface area contributed by atoms with E-state index < -0.39 is 5.97 Å². The van der Waals surface area contributed by atoms with Gasteiger partial charge in [0.15, 0.2) is 0 Å². The van der Waals surface area contributed by atoms with Crippen LogP contribution in [-0.4, -0.2) is 44.8 Å². The van der Waals surface area contributed by atoms with E-state index in [0.29, 0.717) is 18.0 Å². The van der Waals surface area contributed by atoms with E-state index in [4.69, 9.17) is 5.11 Å². The molecular weight excluding hydrogens is 294 g/mol. The molecule has 1 aliphatic rings. The van der Waals surface area contributed by atoms with Crippen LogP contribution in [0.25, 0.3) is 0 Å². The lowest BCUT2D eigenvalue weighted by Gasteiger charge is -2.33. The van der Waals surface area contributed by atoms with E-state index in [1.165, 1.54) is 6.20 Å². The lowest BCUT2D eigenvalue weighted by molar-refractivity contribution is -0.133. The average molecular weight is 321 g/mol. The van der Waals surface area contributed by atoms with E-state index in [9.17, 15) is 9.59 Å². The summed E-state index contributed by atoms with van der Waals surface area (Å²) in [5.74, 6) is -0.209. The summed E-state index contributed by atoms with van der Waals surface area (Å²) in [6, 6.07) is 0.181. The number of hydrogen-bond acceptors (Lipinski definition) is 3. The maximum absolute atomic E-state index is 12.4. The van der Waals surface area contributed by atoms with Gasteiger partial charge in [-0.3, -0.25) is 9.48 Å². The molecule has 6 heteroatoms. The molecule has 0 aromatic carbocycles. The summed E-state index contributed by atoms with van der Waals surface area (Å²) in [7, 11) is 0. The van der Waals surface area contributed by atoms with E-state index in [0.717, 1.165) is 38.8 Å². The highest BCUT2D eigenvalue weighted by Gasteiger charge is 2.27. The number of carboxylic acid groups (broad SMARTS) is 1. The van der Waals surface area contributed by atoms with Gasteiger partial charge in [-0.25, -0.2) is 4.79 Å². The molecule has 0 unspecified atom stereocenters. The molecule has 0 aliphatic carbocycles. The number of carbonyl (C=O) groups excluding carboxylic acids is 1. The molecule has 128 valence electrons. The van der Waals surface area contributed by atoms with Crippen LogP contribution in [0.3, 0.4) is 0 Å². The fourth-order valence-electron chi connectivity index (χ4n) is 3.31. The molecule has 0 radical (unpaired) electrons. The molecule has 0 atom stereocenters. The number of likely N-dealkylation sites (tertiary alicyclic amines) is 1. The van der Waals surface area contributed by atoms with Gasteiger partial charge in [0.25, 0.3) is 0 Å². The number of nitrogens with zero attached hydrogens (tertiary/aromatic N) is 3. The molecule has 1 aromatic heterocycles. The van der Waals surface area contributed by atoms with Crippen LogP contribution in [0.15, 0.2) is 6.20 Å². The van der Waals surface area contributed by atoms with Gasteiger partial charge >= 0.3 is 5.97 Å². The van der Waals surface area contributed by atoms with Gasteiger partial charge in [-0.2, -0.15) is 5.10 Å². The fourth-order valence-corrected chi connectivity index (χ4v) is 3.31. The molecule has 1 N–H and O–H groups in total. The van der Waals surface area contributed by atoms with Crippen molar-refractivity contribution in [3.63, 3.8) is 0 Å². The van der Waals surface area contributed by atoms with Crippen LogP contribution >= 0.6 is 0 Å². The predicted octanol–water partition coefficient (Wildman–Crippen LogP) is 2.88. The van der Waals surface area contributed by atoms with Crippen LogP contribution in [0.4, 0.5) is 0 Å². The molecule has 2 rings (SSSR count). The summed E-state index contributed by atoms with van der Waals surface area (Å²) in [6.45, 7) is 7.51. The maximum Gasteiger partial charge on any atom is 0.339 e. The van der Waals surface area contributed by atoms with E-state index in [2.05, 4.69) is 18.9 Å². The molecule has 0 bridgehead atoms. The minimum atomic E-state index is -0.938. The quantitative estimate of drug-likeness (QED) is 0.874. The number of piperidine rings is 1. The third-order valence-corrected chi connectivity index (χ3v) is 5.06. The molecular formula is C17H27N3O3. The van der Waals surface area contributed by atoms with Crippen molar-refractivity contribution >= 4 is 11.9 Å². The highest BCUT2D eigenvalue weighted by atomic mass is 16.4. The van der Waals surface area contributed by atoms with Gasteiger partial charge in [-0.15, -0.1) is 0 Å². The second-order valence-corrected chi connectivity index (χ2v) is 6.39.